The summed E-state index contributed by atoms with van der Waals surface area (Å²) < 4.78 is 12.9. The van der Waals surface area contributed by atoms with Crippen LogP contribution in [0.5, 0.6) is 5.75 Å². The maximum absolute atomic E-state index is 12.5. The molecule has 0 spiro atoms. The van der Waals surface area contributed by atoms with E-state index in [1.165, 1.54) is 16.8 Å². The zero-order valence-electron chi connectivity index (χ0n) is 17.1. The maximum atomic E-state index is 12.5. The Bertz CT molecular complexity index is 1300. The molecule has 0 fully saturated rings. The van der Waals surface area contributed by atoms with E-state index >= 15 is 0 Å². The van der Waals surface area contributed by atoms with Crippen molar-refractivity contribution in [1.82, 2.24) is 14.7 Å². The largest absolute Gasteiger partial charge is 0.494 e. The zero-order valence-corrected chi connectivity index (χ0v) is 18.7. The van der Waals surface area contributed by atoms with Gasteiger partial charge in [-0.05, 0) is 49.4 Å². The summed E-state index contributed by atoms with van der Waals surface area (Å²) in [7, 11) is 0. The molecular weight excluding hydrogens is 476 g/mol. The van der Waals surface area contributed by atoms with E-state index in [0.29, 0.717) is 23.7 Å². The third-order valence-corrected chi connectivity index (χ3v) is 5.00. The minimum Gasteiger partial charge on any atom is -0.494 e. The quantitative estimate of drug-likeness (QED) is 0.409. The van der Waals surface area contributed by atoms with Crippen LogP contribution in [0.2, 0.25) is 0 Å². The summed E-state index contributed by atoms with van der Waals surface area (Å²) in [6, 6.07) is 17.5. The fourth-order valence-electron chi connectivity index (χ4n) is 3.02. The number of hydrogen-bond donors (Lipinski definition) is 1. The number of nitrogens with zero attached hydrogens (tertiary/aromatic N) is 3. The molecule has 0 radical (unpaired) electrons. The number of halogens is 1. The summed E-state index contributed by atoms with van der Waals surface area (Å²) in [6.45, 7) is 2.30. The number of pyridine rings is 1. The third kappa shape index (κ3) is 5.12. The monoisotopic (exact) mass is 494 g/mol. The highest BCUT2D eigenvalue weighted by Gasteiger charge is 2.13. The van der Waals surface area contributed by atoms with Gasteiger partial charge in [0, 0.05) is 28.0 Å². The van der Waals surface area contributed by atoms with Gasteiger partial charge in [0.15, 0.2) is 0 Å². The van der Waals surface area contributed by atoms with Crippen LogP contribution in [0.4, 0.5) is 5.69 Å². The molecule has 9 heteroatoms. The number of ether oxygens (including phenoxy) is 1. The SMILES string of the molecule is CCOc1ccc(NC(=O)Cn2cc(-c3nc(-c4cccc(Br)c4)no3)ccc2=O)cc1. The number of nitrogens with one attached hydrogen (secondary N) is 1. The van der Waals surface area contributed by atoms with Gasteiger partial charge < -0.3 is 19.1 Å². The van der Waals surface area contributed by atoms with Gasteiger partial charge in [0.1, 0.15) is 12.3 Å². The smallest absolute Gasteiger partial charge is 0.259 e. The molecular formula is C23H19BrN4O4. The molecule has 1 amide bonds. The first-order chi connectivity index (χ1) is 15.5. The van der Waals surface area contributed by atoms with E-state index < -0.39 is 0 Å². The average Bonchev–Trinajstić information content (AvgIpc) is 3.27. The lowest BCUT2D eigenvalue weighted by atomic mass is 10.2. The second-order valence-corrected chi connectivity index (χ2v) is 7.74. The normalized spacial score (nSPS) is 10.7. The van der Waals surface area contributed by atoms with Gasteiger partial charge in [-0.25, -0.2) is 0 Å². The topological polar surface area (TPSA) is 99.2 Å². The Kier molecular flexibility index (Phi) is 6.46. The summed E-state index contributed by atoms with van der Waals surface area (Å²) >= 11 is 3.42. The number of amides is 1. The van der Waals surface area contributed by atoms with E-state index in [9.17, 15) is 9.59 Å². The minimum absolute atomic E-state index is 0.160. The molecule has 0 saturated heterocycles. The second-order valence-electron chi connectivity index (χ2n) is 6.82. The van der Waals surface area contributed by atoms with Crippen LogP contribution in [0.3, 0.4) is 0 Å². The van der Waals surface area contributed by atoms with Crippen LogP contribution in [0.25, 0.3) is 22.8 Å². The zero-order chi connectivity index (χ0) is 22.5. The van der Waals surface area contributed by atoms with Gasteiger partial charge in [-0.3, -0.25) is 9.59 Å². The van der Waals surface area contributed by atoms with E-state index in [0.717, 1.165) is 15.8 Å². The standard InChI is InChI=1S/C23H19BrN4O4/c1-2-31-19-9-7-18(8-10-19)25-20(29)14-28-13-16(6-11-21(28)30)23-26-22(27-32-23)15-4-3-5-17(24)12-15/h3-13H,2,14H2,1H3,(H,25,29). The molecule has 4 rings (SSSR count). The van der Waals surface area contributed by atoms with Crippen molar-refractivity contribution in [2.75, 3.05) is 11.9 Å². The molecule has 162 valence electrons. The van der Waals surface area contributed by atoms with Crippen molar-refractivity contribution >= 4 is 27.5 Å². The molecule has 0 unspecified atom stereocenters. The number of anilines is 1. The fourth-order valence-corrected chi connectivity index (χ4v) is 3.42. The number of aromatic nitrogens is 3. The number of rotatable bonds is 7. The van der Waals surface area contributed by atoms with E-state index in [1.54, 1.807) is 30.3 Å². The molecule has 32 heavy (non-hydrogen) atoms. The molecule has 0 bridgehead atoms. The van der Waals surface area contributed by atoms with Crippen LogP contribution in [0.15, 0.2) is 80.7 Å². The van der Waals surface area contributed by atoms with Crippen molar-refractivity contribution in [2.24, 2.45) is 0 Å². The van der Waals surface area contributed by atoms with Crippen molar-refractivity contribution in [3.05, 3.63) is 81.7 Å². The fraction of sp³-hybridized carbons (Fsp3) is 0.130. The highest BCUT2D eigenvalue weighted by Crippen LogP contribution is 2.24. The molecule has 8 nitrogen and oxygen atoms in total. The molecule has 0 aliphatic heterocycles. The average molecular weight is 495 g/mol. The number of carbonyl (C=O) groups is 1. The second kappa shape index (κ2) is 9.61. The number of benzene rings is 2. The Morgan fingerprint density at radius 3 is 2.69 bits per heavy atom. The van der Waals surface area contributed by atoms with Gasteiger partial charge in [-0.1, -0.05) is 33.2 Å². The predicted molar refractivity (Wildman–Crippen MR) is 123 cm³/mol. The lowest BCUT2D eigenvalue weighted by Gasteiger charge is -2.09. The van der Waals surface area contributed by atoms with Gasteiger partial charge in [0.25, 0.3) is 11.4 Å². The highest BCUT2D eigenvalue weighted by atomic mass is 79.9. The van der Waals surface area contributed by atoms with Gasteiger partial charge in [-0.2, -0.15) is 4.98 Å². The summed E-state index contributed by atoms with van der Waals surface area (Å²) in [5.41, 5.74) is 1.62. The first-order valence-electron chi connectivity index (χ1n) is 9.85. The lowest BCUT2D eigenvalue weighted by Crippen LogP contribution is -2.26. The van der Waals surface area contributed by atoms with Crippen LogP contribution in [0.1, 0.15) is 6.92 Å². The molecule has 2 aromatic carbocycles. The number of carbonyl (C=O) groups excluding carboxylic acids is 1. The molecule has 0 aliphatic rings. The minimum atomic E-state index is -0.339. The summed E-state index contributed by atoms with van der Waals surface area (Å²) in [4.78, 5) is 29.1. The molecule has 0 saturated carbocycles. The van der Waals surface area contributed by atoms with Gasteiger partial charge in [-0.15, -0.1) is 0 Å². The first kappa shape index (κ1) is 21.5. The van der Waals surface area contributed by atoms with Crippen LogP contribution in [0, 0.1) is 0 Å². The molecule has 4 aromatic rings. The van der Waals surface area contributed by atoms with Crippen LogP contribution >= 0.6 is 15.9 Å². The highest BCUT2D eigenvalue weighted by molar-refractivity contribution is 9.10. The molecule has 1 N–H and O–H groups in total. The predicted octanol–water partition coefficient (Wildman–Crippen LogP) is 4.37. The van der Waals surface area contributed by atoms with Crippen molar-refractivity contribution in [3.8, 4) is 28.6 Å². The van der Waals surface area contributed by atoms with Crippen LogP contribution < -0.4 is 15.6 Å². The van der Waals surface area contributed by atoms with Crippen LogP contribution in [-0.4, -0.2) is 27.2 Å². The third-order valence-electron chi connectivity index (χ3n) is 4.50. The van der Waals surface area contributed by atoms with Gasteiger partial charge in [0.2, 0.25) is 11.7 Å². The summed E-state index contributed by atoms with van der Waals surface area (Å²) in [6.07, 6.45) is 1.53. The van der Waals surface area contributed by atoms with E-state index in [1.807, 2.05) is 31.2 Å². The summed E-state index contributed by atoms with van der Waals surface area (Å²) in [5, 5.41) is 6.78. The Morgan fingerprint density at radius 1 is 1.12 bits per heavy atom. The van der Waals surface area contributed by atoms with E-state index in [-0.39, 0.29) is 23.9 Å². The molecule has 0 atom stereocenters. The Morgan fingerprint density at radius 2 is 1.94 bits per heavy atom. The maximum Gasteiger partial charge on any atom is 0.259 e. The first-order valence-corrected chi connectivity index (χ1v) is 10.6. The van der Waals surface area contributed by atoms with Crippen molar-refractivity contribution < 1.29 is 14.1 Å². The summed E-state index contributed by atoms with van der Waals surface area (Å²) in [5.74, 6) is 1.05. The number of hydrogen-bond acceptors (Lipinski definition) is 6. The Hall–Kier alpha value is -3.72. The Labute approximate surface area is 192 Å². The molecule has 2 aromatic heterocycles. The molecule has 2 heterocycles. The molecule has 0 aliphatic carbocycles. The van der Waals surface area contributed by atoms with E-state index in [2.05, 4.69) is 31.4 Å². The Balaban J connectivity index is 1.49. The van der Waals surface area contributed by atoms with Gasteiger partial charge >= 0.3 is 0 Å². The lowest BCUT2D eigenvalue weighted by molar-refractivity contribution is -0.116. The van der Waals surface area contributed by atoms with Crippen molar-refractivity contribution in [2.45, 2.75) is 13.5 Å². The van der Waals surface area contributed by atoms with Crippen molar-refractivity contribution in [1.29, 1.82) is 0 Å². The van der Waals surface area contributed by atoms with E-state index in [4.69, 9.17) is 9.26 Å². The van der Waals surface area contributed by atoms with Crippen LogP contribution in [-0.2, 0) is 11.3 Å². The van der Waals surface area contributed by atoms with Gasteiger partial charge in [0.05, 0.1) is 12.2 Å². The van der Waals surface area contributed by atoms with Crippen molar-refractivity contribution in [3.63, 3.8) is 0 Å².